The Morgan fingerprint density at radius 3 is 1.46 bits per heavy atom. The number of nitrogens with zero attached hydrogens (tertiary/aromatic N) is 2. The number of benzene rings is 10. The maximum atomic E-state index is 2.50. The lowest BCUT2D eigenvalue weighted by molar-refractivity contribution is 0.793. The van der Waals surface area contributed by atoms with Crippen molar-refractivity contribution in [2.24, 2.45) is 0 Å². The van der Waals surface area contributed by atoms with Crippen LogP contribution in [0.4, 0.5) is 17.1 Å². The van der Waals surface area contributed by atoms with E-state index in [4.69, 9.17) is 0 Å². The molecule has 294 valence electrons. The van der Waals surface area contributed by atoms with E-state index in [1.54, 1.807) is 0 Å². The summed E-state index contributed by atoms with van der Waals surface area (Å²) in [4.78, 5) is 2.48. The van der Waals surface area contributed by atoms with Crippen LogP contribution in [0.1, 0.15) is 22.3 Å². The van der Waals surface area contributed by atoms with E-state index in [2.05, 4.69) is 252 Å². The molecule has 11 aromatic rings. The van der Waals surface area contributed by atoms with Gasteiger partial charge in [0.1, 0.15) is 0 Å². The lowest BCUT2D eigenvalue weighted by atomic mass is 9.70. The monoisotopic (exact) mass is 800 g/mol. The SMILES string of the molecule is c1ccc(-c2cccc(N(c3ccc4c(c3)C3(c5ccccc5-c5ccccc53)c3ccccc3-4)c3ccc4c(c3)c3c(-c5ccccc5)cccc3n4-c3ccccc3)c2)cc1. The van der Waals surface area contributed by atoms with Crippen LogP contribution in [0.2, 0.25) is 0 Å². The summed E-state index contributed by atoms with van der Waals surface area (Å²) < 4.78 is 2.42. The average Bonchev–Trinajstić information content (AvgIpc) is 3.97. The van der Waals surface area contributed by atoms with Crippen LogP contribution >= 0.6 is 0 Å². The van der Waals surface area contributed by atoms with Gasteiger partial charge in [-0.1, -0.05) is 182 Å². The maximum absolute atomic E-state index is 2.50. The minimum absolute atomic E-state index is 0.454. The highest BCUT2D eigenvalue weighted by atomic mass is 15.1. The summed E-state index contributed by atoms with van der Waals surface area (Å²) in [6.07, 6.45) is 0. The Morgan fingerprint density at radius 1 is 0.302 bits per heavy atom. The molecule has 0 aliphatic heterocycles. The molecule has 0 unspecified atom stereocenters. The van der Waals surface area contributed by atoms with Gasteiger partial charge in [0.05, 0.1) is 16.4 Å². The van der Waals surface area contributed by atoms with Gasteiger partial charge in [0.2, 0.25) is 0 Å². The van der Waals surface area contributed by atoms with E-state index in [1.165, 1.54) is 88.6 Å². The Balaban J connectivity index is 1.10. The van der Waals surface area contributed by atoms with Crippen molar-refractivity contribution in [2.75, 3.05) is 4.90 Å². The summed E-state index contributed by atoms with van der Waals surface area (Å²) in [6.45, 7) is 0. The van der Waals surface area contributed by atoms with Gasteiger partial charge in [-0.15, -0.1) is 0 Å². The van der Waals surface area contributed by atoms with Crippen LogP contribution in [0.5, 0.6) is 0 Å². The van der Waals surface area contributed by atoms with Crippen LogP contribution in [0.15, 0.2) is 243 Å². The number of aromatic nitrogens is 1. The molecule has 0 saturated carbocycles. The van der Waals surface area contributed by atoms with Gasteiger partial charge in [0.25, 0.3) is 0 Å². The van der Waals surface area contributed by atoms with Crippen molar-refractivity contribution in [1.82, 2.24) is 4.57 Å². The molecule has 2 aliphatic rings. The fourth-order valence-electron chi connectivity index (χ4n) is 11.0. The van der Waals surface area contributed by atoms with E-state index < -0.39 is 5.41 Å². The van der Waals surface area contributed by atoms with Gasteiger partial charge in [-0.2, -0.15) is 0 Å². The summed E-state index contributed by atoms with van der Waals surface area (Å²) in [5, 5.41) is 2.45. The number of anilines is 3. The molecule has 1 aromatic heterocycles. The standard InChI is InChI=1S/C61H40N2/c1-4-18-41(19-5-1)43-22-16-25-45(38-43)62(46-35-37-58-53(39-46)60-48(42-20-6-2-7-21-42)29-17-33-59(60)63(58)44-23-8-3-9-24-44)47-34-36-52-51-28-12-15-32-56(51)61(57(52)40-47)54-30-13-10-26-49(54)50-27-11-14-31-55(50)61/h1-40H. The van der Waals surface area contributed by atoms with Crippen LogP contribution in [0.25, 0.3) is 72.0 Å². The fraction of sp³-hybridized carbons (Fsp3) is 0.0164. The second-order valence-electron chi connectivity index (χ2n) is 16.8. The van der Waals surface area contributed by atoms with Crippen molar-refractivity contribution in [2.45, 2.75) is 5.41 Å². The van der Waals surface area contributed by atoms with E-state index in [9.17, 15) is 0 Å². The Labute approximate surface area is 367 Å². The minimum atomic E-state index is -0.454. The third kappa shape index (κ3) is 5.19. The molecule has 13 rings (SSSR count). The quantitative estimate of drug-likeness (QED) is 0.163. The highest BCUT2D eigenvalue weighted by molar-refractivity contribution is 6.17. The number of hydrogen-bond donors (Lipinski definition) is 0. The van der Waals surface area contributed by atoms with Crippen LogP contribution in [0.3, 0.4) is 0 Å². The third-order valence-corrected chi connectivity index (χ3v) is 13.6. The third-order valence-electron chi connectivity index (χ3n) is 13.6. The maximum Gasteiger partial charge on any atom is 0.0726 e. The molecule has 0 bridgehead atoms. The largest absolute Gasteiger partial charge is 0.310 e. The molecule has 0 saturated heterocycles. The lowest BCUT2D eigenvalue weighted by Crippen LogP contribution is -2.26. The summed E-state index contributed by atoms with van der Waals surface area (Å²) in [6, 6.07) is 89.5. The van der Waals surface area contributed by atoms with Crippen molar-refractivity contribution in [3.05, 3.63) is 265 Å². The molecule has 10 aromatic carbocycles. The predicted molar refractivity (Wildman–Crippen MR) is 263 cm³/mol. The zero-order valence-corrected chi connectivity index (χ0v) is 34.5. The van der Waals surface area contributed by atoms with Gasteiger partial charge < -0.3 is 9.47 Å². The molecular formula is C61H40N2. The van der Waals surface area contributed by atoms with E-state index in [0.717, 1.165) is 22.7 Å². The Bertz CT molecular complexity index is 3500. The van der Waals surface area contributed by atoms with Gasteiger partial charge in [0, 0.05) is 33.5 Å². The van der Waals surface area contributed by atoms with Gasteiger partial charge in [-0.25, -0.2) is 0 Å². The fourth-order valence-corrected chi connectivity index (χ4v) is 11.0. The van der Waals surface area contributed by atoms with E-state index in [1.807, 2.05) is 0 Å². The molecule has 2 aliphatic carbocycles. The molecule has 2 heteroatoms. The zero-order chi connectivity index (χ0) is 41.5. The second-order valence-corrected chi connectivity index (χ2v) is 16.8. The molecule has 0 radical (unpaired) electrons. The summed E-state index contributed by atoms with van der Waals surface area (Å²) in [7, 11) is 0. The second kappa shape index (κ2) is 13.9. The topological polar surface area (TPSA) is 8.17 Å². The first kappa shape index (κ1) is 35.5. The van der Waals surface area contributed by atoms with Crippen LogP contribution in [-0.2, 0) is 5.41 Å². The number of hydrogen-bond acceptors (Lipinski definition) is 1. The molecule has 1 heterocycles. The van der Waals surface area contributed by atoms with Crippen LogP contribution in [-0.4, -0.2) is 4.57 Å². The van der Waals surface area contributed by atoms with Gasteiger partial charge in [0.15, 0.2) is 0 Å². The molecule has 0 fully saturated rings. The van der Waals surface area contributed by atoms with Gasteiger partial charge in [-0.3, -0.25) is 0 Å². The number of fused-ring (bicyclic) bond motifs is 13. The van der Waals surface area contributed by atoms with E-state index >= 15 is 0 Å². The molecule has 1 spiro atoms. The van der Waals surface area contributed by atoms with Crippen molar-refractivity contribution >= 4 is 38.9 Å². The zero-order valence-electron chi connectivity index (χ0n) is 34.5. The molecule has 63 heavy (non-hydrogen) atoms. The molecule has 0 atom stereocenters. The lowest BCUT2D eigenvalue weighted by Gasteiger charge is -2.32. The summed E-state index contributed by atoms with van der Waals surface area (Å²) in [5.74, 6) is 0. The number of rotatable bonds is 6. The molecular weight excluding hydrogens is 761 g/mol. The van der Waals surface area contributed by atoms with Gasteiger partial charge >= 0.3 is 0 Å². The Kier molecular flexibility index (Phi) is 7.85. The first-order valence-corrected chi connectivity index (χ1v) is 21.8. The highest BCUT2D eigenvalue weighted by Crippen LogP contribution is 2.63. The van der Waals surface area contributed by atoms with Gasteiger partial charge in [-0.05, 0) is 127 Å². The summed E-state index contributed by atoms with van der Waals surface area (Å²) in [5.41, 5.74) is 21.7. The first-order valence-electron chi connectivity index (χ1n) is 21.8. The molecule has 2 nitrogen and oxygen atoms in total. The van der Waals surface area contributed by atoms with E-state index in [-0.39, 0.29) is 0 Å². The number of para-hydroxylation sites is 1. The summed E-state index contributed by atoms with van der Waals surface area (Å²) >= 11 is 0. The van der Waals surface area contributed by atoms with Crippen molar-refractivity contribution in [1.29, 1.82) is 0 Å². The van der Waals surface area contributed by atoms with Crippen molar-refractivity contribution in [3.8, 4) is 50.2 Å². The van der Waals surface area contributed by atoms with Crippen molar-refractivity contribution < 1.29 is 0 Å². The molecule has 0 N–H and O–H groups in total. The highest BCUT2D eigenvalue weighted by Gasteiger charge is 2.51. The van der Waals surface area contributed by atoms with Crippen molar-refractivity contribution in [3.63, 3.8) is 0 Å². The Hall–Kier alpha value is -8.20. The smallest absolute Gasteiger partial charge is 0.0726 e. The first-order chi connectivity index (χ1) is 31.3. The van der Waals surface area contributed by atoms with E-state index in [0.29, 0.717) is 0 Å². The average molecular weight is 801 g/mol. The van der Waals surface area contributed by atoms with Crippen LogP contribution in [0, 0.1) is 0 Å². The normalized spacial score (nSPS) is 12.9. The molecule has 0 amide bonds. The minimum Gasteiger partial charge on any atom is -0.310 e. The predicted octanol–water partition coefficient (Wildman–Crippen LogP) is 15.9. The van der Waals surface area contributed by atoms with Crippen LogP contribution < -0.4 is 4.90 Å². The Morgan fingerprint density at radius 2 is 0.794 bits per heavy atom.